The molecule has 1 amide bonds. The molecule has 1 heterocycles. The van der Waals surface area contributed by atoms with E-state index in [9.17, 15) is 9.59 Å². The number of benzene rings is 1. The average molecular weight is 326 g/mol. The lowest BCUT2D eigenvalue weighted by Crippen LogP contribution is -2.37. The van der Waals surface area contributed by atoms with E-state index < -0.39 is 11.9 Å². The van der Waals surface area contributed by atoms with Crippen LogP contribution in [-0.4, -0.2) is 38.0 Å². The number of aryl methyl sites for hydroxylation is 1. The number of carboxylic acids is 1. The summed E-state index contributed by atoms with van der Waals surface area (Å²) in [6, 6.07) is 7.39. The summed E-state index contributed by atoms with van der Waals surface area (Å²) in [6.45, 7) is 1.99. The Morgan fingerprint density at radius 3 is 2.75 bits per heavy atom. The van der Waals surface area contributed by atoms with Gasteiger partial charge >= 0.3 is 5.97 Å². The first kappa shape index (κ1) is 15.9. The maximum atomic E-state index is 12.3. The Hall–Kier alpha value is -2.96. The molecule has 1 aliphatic rings. The molecule has 0 fully saturated rings. The van der Waals surface area contributed by atoms with Crippen molar-refractivity contribution in [1.29, 1.82) is 0 Å². The molecule has 124 valence electrons. The predicted molar refractivity (Wildman–Crippen MR) is 86.9 cm³/mol. The standard InChI is InChI=1S/C17H18N4O3/c1-11-5-7-14(8-6-11)21-10-15(19-20-21)16(22)18-13-4-2-3-12(9-13)17(23)24/h2,4-8,10,12-13H,3,9H2,1H3,(H,18,22)(H,23,24)/t12-,13-/m0/s1. The largest absolute Gasteiger partial charge is 0.481 e. The van der Waals surface area contributed by atoms with Crippen LogP contribution in [-0.2, 0) is 4.79 Å². The molecular weight excluding hydrogens is 308 g/mol. The van der Waals surface area contributed by atoms with Crippen LogP contribution in [0.25, 0.3) is 5.69 Å². The van der Waals surface area contributed by atoms with E-state index >= 15 is 0 Å². The molecule has 0 spiro atoms. The van der Waals surface area contributed by atoms with Crippen molar-refractivity contribution in [2.75, 3.05) is 0 Å². The van der Waals surface area contributed by atoms with Gasteiger partial charge in [0.25, 0.3) is 5.91 Å². The number of nitrogens with zero attached hydrogens (tertiary/aromatic N) is 3. The molecule has 0 unspecified atom stereocenters. The van der Waals surface area contributed by atoms with Gasteiger partial charge in [0.1, 0.15) is 0 Å². The Morgan fingerprint density at radius 1 is 1.29 bits per heavy atom. The van der Waals surface area contributed by atoms with Gasteiger partial charge in [-0.3, -0.25) is 9.59 Å². The minimum atomic E-state index is -0.844. The van der Waals surface area contributed by atoms with E-state index in [0.717, 1.165) is 11.3 Å². The summed E-state index contributed by atoms with van der Waals surface area (Å²) in [6.07, 6.45) is 6.04. The van der Waals surface area contributed by atoms with Crippen LogP contribution in [0, 0.1) is 12.8 Å². The number of amides is 1. The molecule has 3 rings (SSSR count). The second kappa shape index (κ2) is 6.66. The van der Waals surface area contributed by atoms with Gasteiger partial charge in [0.2, 0.25) is 0 Å². The normalized spacial score (nSPS) is 19.9. The second-order valence-corrected chi connectivity index (χ2v) is 5.90. The number of nitrogens with one attached hydrogen (secondary N) is 1. The van der Waals surface area contributed by atoms with E-state index in [1.54, 1.807) is 12.3 Å². The number of carbonyl (C=O) groups is 2. The maximum absolute atomic E-state index is 12.3. The fourth-order valence-corrected chi connectivity index (χ4v) is 2.63. The fourth-order valence-electron chi connectivity index (χ4n) is 2.63. The minimum Gasteiger partial charge on any atom is -0.481 e. The molecule has 2 atom stereocenters. The third-order valence-corrected chi connectivity index (χ3v) is 4.02. The van der Waals surface area contributed by atoms with Crippen molar-refractivity contribution >= 4 is 11.9 Å². The molecule has 0 saturated carbocycles. The molecule has 1 aromatic carbocycles. The number of aliphatic carboxylic acids is 1. The summed E-state index contributed by atoms with van der Waals surface area (Å²) >= 11 is 0. The van der Waals surface area contributed by atoms with Crippen molar-refractivity contribution in [3.05, 3.63) is 53.9 Å². The number of carboxylic acid groups (broad SMARTS) is 1. The number of hydrogen-bond donors (Lipinski definition) is 2. The van der Waals surface area contributed by atoms with Gasteiger partial charge in [0.05, 0.1) is 17.8 Å². The Bertz CT molecular complexity index is 779. The Labute approximate surface area is 139 Å². The van der Waals surface area contributed by atoms with Crippen LogP contribution in [0.5, 0.6) is 0 Å². The minimum absolute atomic E-state index is 0.196. The molecule has 24 heavy (non-hydrogen) atoms. The van der Waals surface area contributed by atoms with Gasteiger partial charge in [-0.05, 0) is 31.9 Å². The SMILES string of the molecule is Cc1ccc(-n2cc(C(=O)N[C@H]3C=CC[C@H](C(=O)O)C3)nn2)cc1. The van der Waals surface area contributed by atoms with Crippen LogP contribution in [0.3, 0.4) is 0 Å². The van der Waals surface area contributed by atoms with Gasteiger partial charge in [-0.15, -0.1) is 5.10 Å². The van der Waals surface area contributed by atoms with E-state index in [0.29, 0.717) is 12.8 Å². The lowest BCUT2D eigenvalue weighted by molar-refractivity contribution is -0.142. The van der Waals surface area contributed by atoms with Gasteiger partial charge in [-0.25, -0.2) is 4.68 Å². The molecule has 1 aliphatic carbocycles. The quantitative estimate of drug-likeness (QED) is 0.834. The monoisotopic (exact) mass is 326 g/mol. The topological polar surface area (TPSA) is 97.1 Å². The first-order chi connectivity index (χ1) is 11.5. The molecule has 0 saturated heterocycles. The molecular formula is C17H18N4O3. The lowest BCUT2D eigenvalue weighted by Gasteiger charge is -2.22. The van der Waals surface area contributed by atoms with Gasteiger partial charge in [-0.2, -0.15) is 0 Å². The zero-order chi connectivity index (χ0) is 17.1. The molecule has 2 N–H and O–H groups in total. The number of hydrogen-bond acceptors (Lipinski definition) is 4. The molecule has 2 aromatic rings. The zero-order valence-electron chi connectivity index (χ0n) is 13.2. The average Bonchev–Trinajstić information content (AvgIpc) is 3.06. The highest BCUT2D eigenvalue weighted by atomic mass is 16.4. The van der Waals surface area contributed by atoms with Crippen LogP contribution in [0.4, 0.5) is 0 Å². The Kier molecular flexibility index (Phi) is 4.41. The highest BCUT2D eigenvalue weighted by Gasteiger charge is 2.25. The summed E-state index contributed by atoms with van der Waals surface area (Å²) < 4.78 is 1.53. The van der Waals surface area contributed by atoms with Crippen molar-refractivity contribution in [3.8, 4) is 5.69 Å². The molecule has 0 aliphatic heterocycles. The second-order valence-electron chi connectivity index (χ2n) is 5.90. The summed E-state index contributed by atoms with van der Waals surface area (Å²) in [4.78, 5) is 23.3. The van der Waals surface area contributed by atoms with Crippen LogP contribution >= 0.6 is 0 Å². The number of carbonyl (C=O) groups excluding carboxylic acids is 1. The molecule has 0 radical (unpaired) electrons. The van der Waals surface area contributed by atoms with Crippen molar-refractivity contribution in [3.63, 3.8) is 0 Å². The summed E-state index contributed by atoms with van der Waals surface area (Å²) in [5.41, 5.74) is 2.14. The molecule has 0 bridgehead atoms. The van der Waals surface area contributed by atoms with E-state index in [1.807, 2.05) is 37.3 Å². The number of aromatic nitrogens is 3. The van der Waals surface area contributed by atoms with E-state index in [2.05, 4.69) is 15.6 Å². The molecule has 7 nitrogen and oxygen atoms in total. The third-order valence-electron chi connectivity index (χ3n) is 4.02. The van der Waals surface area contributed by atoms with Crippen LogP contribution < -0.4 is 5.32 Å². The van der Waals surface area contributed by atoms with E-state index in [-0.39, 0.29) is 17.6 Å². The van der Waals surface area contributed by atoms with Crippen molar-refractivity contribution in [2.45, 2.75) is 25.8 Å². The smallest absolute Gasteiger partial charge is 0.306 e. The molecule has 7 heteroatoms. The van der Waals surface area contributed by atoms with Gasteiger partial charge < -0.3 is 10.4 Å². The van der Waals surface area contributed by atoms with E-state index in [1.165, 1.54) is 4.68 Å². The van der Waals surface area contributed by atoms with Crippen LogP contribution in [0.2, 0.25) is 0 Å². The molecule has 1 aromatic heterocycles. The Morgan fingerprint density at radius 2 is 2.04 bits per heavy atom. The summed E-state index contributed by atoms with van der Waals surface area (Å²) in [5.74, 6) is -1.68. The highest BCUT2D eigenvalue weighted by molar-refractivity contribution is 5.92. The third kappa shape index (κ3) is 3.51. The lowest BCUT2D eigenvalue weighted by atomic mass is 9.91. The van der Waals surface area contributed by atoms with Crippen molar-refractivity contribution < 1.29 is 14.7 Å². The van der Waals surface area contributed by atoms with Gasteiger partial charge in [0.15, 0.2) is 5.69 Å². The van der Waals surface area contributed by atoms with Gasteiger partial charge in [-0.1, -0.05) is 35.1 Å². The summed E-state index contributed by atoms with van der Waals surface area (Å²) in [7, 11) is 0. The van der Waals surface area contributed by atoms with Crippen molar-refractivity contribution in [2.24, 2.45) is 5.92 Å². The highest BCUT2D eigenvalue weighted by Crippen LogP contribution is 2.19. The number of allylic oxidation sites excluding steroid dienone is 1. The fraction of sp³-hybridized carbons (Fsp3) is 0.294. The zero-order valence-corrected chi connectivity index (χ0v) is 13.2. The first-order valence-corrected chi connectivity index (χ1v) is 7.72. The predicted octanol–water partition coefficient (Wildman–Crippen LogP) is 1.72. The first-order valence-electron chi connectivity index (χ1n) is 7.72. The summed E-state index contributed by atoms with van der Waals surface area (Å²) in [5, 5.41) is 19.7. The van der Waals surface area contributed by atoms with E-state index in [4.69, 9.17) is 5.11 Å². The van der Waals surface area contributed by atoms with Crippen molar-refractivity contribution in [1.82, 2.24) is 20.3 Å². The maximum Gasteiger partial charge on any atom is 0.306 e. The van der Waals surface area contributed by atoms with Crippen LogP contribution in [0.1, 0.15) is 28.9 Å². The van der Waals surface area contributed by atoms with Crippen LogP contribution in [0.15, 0.2) is 42.6 Å². The Balaban J connectivity index is 1.68. The number of rotatable bonds is 4. The van der Waals surface area contributed by atoms with Gasteiger partial charge in [0, 0.05) is 6.04 Å².